The Morgan fingerprint density at radius 2 is 0.798 bits per heavy atom. The second-order valence-corrected chi connectivity index (χ2v) is 21.4. The fourth-order valence-corrected chi connectivity index (χ4v) is 10.5. The van der Waals surface area contributed by atoms with Crippen molar-refractivity contribution >= 4 is 21.5 Å². The zero-order valence-corrected chi connectivity index (χ0v) is 46.0. The van der Waals surface area contributed by atoms with Crippen molar-refractivity contribution in [3.05, 3.63) is 255 Å². The van der Waals surface area contributed by atoms with Gasteiger partial charge in [0.25, 0.3) is 0 Å². The molecule has 12 nitrogen and oxygen atoms in total. The van der Waals surface area contributed by atoms with Gasteiger partial charge in [0.2, 0.25) is 0 Å². The van der Waals surface area contributed by atoms with E-state index in [9.17, 15) is 0 Å². The van der Waals surface area contributed by atoms with Crippen LogP contribution in [0.2, 0.25) is 0 Å². The first-order chi connectivity index (χ1) is 41.2. The molecular weight excluding hydrogens is 1030 g/mol. The first kappa shape index (κ1) is 50.9. The monoisotopic (exact) mass is 1080 g/mol. The molecule has 0 aliphatic carbocycles. The minimum Gasteiger partial charge on any atom is -0.263 e. The summed E-state index contributed by atoms with van der Waals surface area (Å²) in [6, 6.07) is 72.0. The van der Waals surface area contributed by atoms with Crippen LogP contribution in [0.1, 0.15) is 26.3 Å². The van der Waals surface area contributed by atoms with E-state index in [0.717, 1.165) is 82.7 Å². The van der Waals surface area contributed by atoms with Gasteiger partial charge in [0.15, 0.2) is 40.8 Å². The Bertz CT molecular complexity index is 4670. The Balaban J connectivity index is 0.794. The highest BCUT2D eigenvalue weighted by Crippen LogP contribution is 2.41. The summed E-state index contributed by atoms with van der Waals surface area (Å²) in [7, 11) is 0. The van der Waals surface area contributed by atoms with Crippen molar-refractivity contribution in [1.29, 1.82) is 0 Å². The van der Waals surface area contributed by atoms with E-state index in [2.05, 4.69) is 129 Å². The second kappa shape index (κ2) is 21.7. The van der Waals surface area contributed by atoms with Gasteiger partial charge in [-0.05, 0) is 85.1 Å². The molecule has 0 aliphatic heterocycles. The van der Waals surface area contributed by atoms with Crippen LogP contribution in [0.3, 0.4) is 0 Å². The fourth-order valence-electron chi connectivity index (χ4n) is 10.5. The molecule has 14 rings (SSSR count). The summed E-state index contributed by atoms with van der Waals surface area (Å²) in [4.78, 5) is 58.8. The first-order valence-corrected chi connectivity index (χ1v) is 27.7. The van der Waals surface area contributed by atoms with E-state index in [-0.39, 0.29) is 5.41 Å². The van der Waals surface area contributed by atoms with E-state index in [0.29, 0.717) is 63.5 Å². The van der Waals surface area contributed by atoms with Gasteiger partial charge in [0.05, 0.1) is 18.1 Å². The Morgan fingerprint density at radius 3 is 1.44 bits per heavy atom. The molecule has 0 aliphatic rings. The molecule has 0 fully saturated rings. The average Bonchev–Trinajstić information content (AvgIpc) is 3.07. The molecule has 0 radical (unpaired) electrons. The molecule has 0 bridgehead atoms. The molecule has 14 aromatic rings. The number of rotatable bonds is 11. The molecule has 84 heavy (non-hydrogen) atoms. The molecule has 12 heteroatoms. The van der Waals surface area contributed by atoms with Gasteiger partial charge < -0.3 is 0 Å². The summed E-state index contributed by atoms with van der Waals surface area (Å²) in [5.41, 5.74) is 14.1. The van der Waals surface area contributed by atoms with Crippen molar-refractivity contribution in [3.63, 3.8) is 0 Å². The zero-order chi connectivity index (χ0) is 56.6. The lowest BCUT2D eigenvalue weighted by Gasteiger charge is -2.19. The van der Waals surface area contributed by atoms with Gasteiger partial charge in [0.1, 0.15) is 17.1 Å². The number of nitrogens with zero attached hydrogens (tertiary/aromatic N) is 12. The summed E-state index contributed by atoms with van der Waals surface area (Å²) >= 11 is 0. The molecule has 0 N–H and O–H groups in total. The minimum absolute atomic E-state index is 0.0517. The van der Waals surface area contributed by atoms with Crippen LogP contribution in [0.4, 0.5) is 0 Å². The Labute approximate surface area is 485 Å². The highest BCUT2D eigenvalue weighted by molar-refractivity contribution is 6.16. The standard InChI is InChI=1S/C72H50N12/c1-72(2,3)55-32-29-45(30-33-55)53-38-54(41-73-40-53)65-74-36-35-61(78-65)70-81-68(48-21-11-6-12-22-48)80-69(84-70)51-25-15-24-49(37-51)56-27-16-28-58-59(56)39-50-23-13-14-26-57(50)64(58)52-31-34-60(75-42-52)62-43-77-63(44-76-62)71-82-66(46-17-7-4-8-18-46)79-67(83-71)47-19-9-5-10-20-47/h4-44H,1-3H3. The smallest absolute Gasteiger partial charge is 0.184 e. The van der Waals surface area contributed by atoms with Crippen LogP contribution < -0.4 is 0 Å². The summed E-state index contributed by atoms with van der Waals surface area (Å²) in [6.07, 6.45) is 10.7. The molecule has 0 spiro atoms. The van der Waals surface area contributed by atoms with Crippen LogP contribution in [0.5, 0.6) is 0 Å². The van der Waals surface area contributed by atoms with Crippen LogP contribution in [0.25, 0.3) is 146 Å². The van der Waals surface area contributed by atoms with E-state index in [1.807, 2.05) is 122 Å². The zero-order valence-electron chi connectivity index (χ0n) is 46.0. The van der Waals surface area contributed by atoms with Crippen LogP contribution in [0, 0.1) is 0 Å². The van der Waals surface area contributed by atoms with Gasteiger partial charge in [-0.3, -0.25) is 15.0 Å². The fraction of sp³-hybridized carbons (Fsp3) is 0.0556. The second-order valence-electron chi connectivity index (χ2n) is 21.4. The van der Waals surface area contributed by atoms with E-state index in [1.165, 1.54) is 5.56 Å². The molecule has 0 saturated heterocycles. The molecule has 6 aromatic heterocycles. The number of pyridine rings is 2. The summed E-state index contributed by atoms with van der Waals surface area (Å²) in [5, 5.41) is 4.40. The molecule has 398 valence electrons. The predicted octanol–water partition coefficient (Wildman–Crippen LogP) is 16.4. The van der Waals surface area contributed by atoms with Crippen molar-refractivity contribution in [3.8, 4) is 125 Å². The van der Waals surface area contributed by atoms with Gasteiger partial charge in [0, 0.05) is 63.7 Å². The summed E-state index contributed by atoms with van der Waals surface area (Å²) < 4.78 is 0. The summed E-state index contributed by atoms with van der Waals surface area (Å²) in [5.74, 6) is 3.53. The van der Waals surface area contributed by atoms with Crippen molar-refractivity contribution in [2.75, 3.05) is 0 Å². The minimum atomic E-state index is 0.0517. The first-order valence-electron chi connectivity index (χ1n) is 27.7. The van der Waals surface area contributed by atoms with Crippen LogP contribution in [-0.4, -0.2) is 59.8 Å². The van der Waals surface area contributed by atoms with Gasteiger partial charge >= 0.3 is 0 Å². The third-order valence-electron chi connectivity index (χ3n) is 14.9. The Hall–Kier alpha value is -11.2. The van der Waals surface area contributed by atoms with Crippen LogP contribution in [0.15, 0.2) is 250 Å². The highest BCUT2D eigenvalue weighted by Gasteiger charge is 2.20. The van der Waals surface area contributed by atoms with Crippen molar-refractivity contribution in [2.24, 2.45) is 0 Å². The lowest BCUT2D eigenvalue weighted by atomic mass is 9.86. The third kappa shape index (κ3) is 10.2. The van der Waals surface area contributed by atoms with Crippen molar-refractivity contribution in [2.45, 2.75) is 26.2 Å². The van der Waals surface area contributed by atoms with Crippen LogP contribution in [-0.2, 0) is 5.41 Å². The Kier molecular flexibility index (Phi) is 13.1. The predicted molar refractivity (Wildman–Crippen MR) is 333 cm³/mol. The van der Waals surface area contributed by atoms with Crippen LogP contribution >= 0.6 is 0 Å². The maximum atomic E-state index is 5.14. The summed E-state index contributed by atoms with van der Waals surface area (Å²) in [6.45, 7) is 6.65. The molecule has 0 saturated carbocycles. The maximum Gasteiger partial charge on any atom is 0.184 e. The average molecular weight is 1080 g/mol. The maximum absolute atomic E-state index is 5.14. The molecule has 6 heterocycles. The van der Waals surface area contributed by atoms with Crippen molar-refractivity contribution < 1.29 is 0 Å². The quantitative estimate of drug-likeness (QED) is 0.113. The molecular formula is C72H50N12. The lowest BCUT2D eigenvalue weighted by molar-refractivity contribution is 0.590. The Morgan fingerprint density at radius 1 is 0.274 bits per heavy atom. The largest absolute Gasteiger partial charge is 0.263 e. The van der Waals surface area contributed by atoms with E-state index >= 15 is 0 Å². The molecule has 0 unspecified atom stereocenters. The topological polar surface area (TPSA) is 155 Å². The normalized spacial score (nSPS) is 11.5. The molecule has 8 aromatic carbocycles. The lowest BCUT2D eigenvalue weighted by Crippen LogP contribution is -2.10. The third-order valence-corrected chi connectivity index (χ3v) is 14.9. The number of benzene rings is 8. The molecule has 0 amide bonds. The van der Waals surface area contributed by atoms with Gasteiger partial charge in [-0.25, -0.2) is 44.9 Å². The van der Waals surface area contributed by atoms with Gasteiger partial charge in [-0.2, -0.15) is 0 Å². The van der Waals surface area contributed by atoms with Gasteiger partial charge in [-0.15, -0.1) is 0 Å². The van der Waals surface area contributed by atoms with E-state index in [4.69, 9.17) is 54.8 Å². The number of hydrogen-bond acceptors (Lipinski definition) is 12. The van der Waals surface area contributed by atoms with E-state index < -0.39 is 0 Å². The SMILES string of the molecule is CC(C)(C)c1ccc(-c2cncc(-c3nccc(-c4nc(-c5ccccc5)nc(-c5cccc(-c6cccc7c(-c8ccc(-c9cnc(-c%10nc(-c%11ccccc%11)nc(-c%11ccccc%11)n%10)cn9)nc8)c8ccccc8cc67)c5)n4)n3)c2)cc1. The van der Waals surface area contributed by atoms with E-state index in [1.54, 1.807) is 24.8 Å². The number of hydrogen-bond donors (Lipinski definition) is 0. The highest BCUT2D eigenvalue weighted by atomic mass is 15.1. The molecule has 0 atom stereocenters. The van der Waals surface area contributed by atoms with Gasteiger partial charge in [-0.1, -0.05) is 203 Å². The number of aromatic nitrogens is 12. The van der Waals surface area contributed by atoms with Crippen molar-refractivity contribution in [1.82, 2.24) is 59.8 Å². The number of fused-ring (bicyclic) bond motifs is 2.